The van der Waals surface area contributed by atoms with Gasteiger partial charge in [0, 0.05) is 23.9 Å². The summed E-state index contributed by atoms with van der Waals surface area (Å²) in [4.78, 5) is 23.0. The van der Waals surface area contributed by atoms with Crippen LogP contribution in [0.4, 0.5) is 5.95 Å². The molecule has 0 spiro atoms. The van der Waals surface area contributed by atoms with E-state index in [1.165, 1.54) is 0 Å². The number of nitrogens with one attached hydrogen (secondary N) is 1. The van der Waals surface area contributed by atoms with Crippen LogP contribution >= 0.6 is 0 Å². The van der Waals surface area contributed by atoms with Crippen molar-refractivity contribution in [1.82, 2.24) is 19.7 Å². The molecule has 106 valence electrons. The van der Waals surface area contributed by atoms with Crippen molar-refractivity contribution >= 4 is 12.3 Å². The molecule has 0 saturated heterocycles. The number of aryl methyl sites for hydroxylation is 1. The first-order valence-corrected chi connectivity index (χ1v) is 6.48. The van der Waals surface area contributed by atoms with Crippen molar-refractivity contribution in [2.45, 2.75) is 33.2 Å². The molecule has 0 bridgehead atoms. The van der Waals surface area contributed by atoms with Gasteiger partial charge in [-0.15, -0.1) is 0 Å². The molecule has 0 saturated carbocycles. The van der Waals surface area contributed by atoms with Gasteiger partial charge < -0.3 is 5.73 Å². The normalized spacial score (nSPS) is 11.6. The Morgan fingerprint density at radius 3 is 2.85 bits per heavy atom. The maximum Gasteiger partial charge on any atom is 0.256 e. The Bertz CT molecular complexity index is 682. The maximum absolute atomic E-state index is 12.2. The molecule has 0 atom stereocenters. The minimum Gasteiger partial charge on any atom is -0.390 e. The van der Waals surface area contributed by atoms with Gasteiger partial charge in [0.25, 0.3) is 5.56 Å². The average molecular weight is 274 g/mol. The van der Waals surface area contributed by atoms with Gasteiger partial charge in [-0.3, -0.25) is 14.5 Å². The number of hydrogen-bond acceptors (Lipinski definition) is 4. The number of H-pyrrole nitrogens is 1. The Labute approximate surface area is 116 Å². The Morgan fingerprint density at radius 1 is 1.55 bits per heavy atom. The SMILES string of the molecule is CCn1cc(-c2nc(N=CN)[nH]c(=O)c2C(C)C)cn1. The summed E-state index contributed by atoms with van der Waals surface area (Å²) in [6.45, 7) is 6.65. The standard InChI is InChI=1S/C13H18N6O/c1-4-19-6-9(5-16-19)11-10(8(2)3)12(20)18-13(17-11)15-7-14/h5-8H,4H2,1-3H3,(H3,14,15,17,18,20). The molecule has 0 fully saturated rings. The zero-order valence-corrected chi connectivity index (χ0v) is 11.8. The van der Waals surface area contributed by atoms with Crippen LogP contribution in [0.25, 0.3) is 11.3 Å². The van der Waals surface area contributed by atoms with E-state index in [9.17, 15) is 4.79 Å². The molecule has 0 unspecified atom stereocenters. The van der Waals surface area contributed by atoms with Gasteiger partial charge in [-0.1, -0.05) is 13.8 Å². The maximum atomic E-state index is 12.2. The molecule has 2 heterocycles. The molecule has 0 amide bonds. The van der Waals surface area contributed by atoms with E-state index >= 15 is 0 Å². The lowest BCUT2D eigenvalue weighted by Gasteiger charge is -2.09. The second kappa shape index (κ2) is 5.68. The van der Waals surface area contributed by atoms with Gasteiger partial charge in [0.2, 0.25) is 5.95 Å². The van der Waals surface area contributed by atoms with Gasteiger partial charge in [0.15, 0.2) is 0 Å². The van der Waals surface area contributed by atoms with E-state index in [1.54, 1.807) is 10.9 Å². The van der Waals surface area contributed by atoms with Crippen molar-refractivity contribution in [1.29, 1.82) is 0 Å². The van der Waals surface area contributed by atoms with Crippen LogP contribution < -0.4 is 11.3 Å². The molecular weight excluding hydrogens is 256 g/mol. The zero-order chi connectivity index (χ0) is 14.7. The third kappa shape index (κ3) is 2.61. The molecule has 0 aromatic carbocycles. The molecule has 20 heavy (non-hydrogen) atoms. The highest BCUT2D eigenvalue weighted by Gasteiger charge is 2.17. The fourth-order valence-corrected chi connectivity index (χ4v) is 2.02. The molecular formula is C13H18N6O. The third-order valence-corrected chi connectivity index (χ3v) is 2.95. The monoisotopic (exact) mass is 274 g/mol. The highest BCUT2D eigenvalue weighted by atomic mass is 16.1. The van der Waals surface area contributed by atoms with Crippen LogP contribution in [0.2, 0.25) is 0 Å². The Kier molecular flexibility index (Phi) is 3.97. The number of rotatable bonds is 4. The second-order valence-corrected chi connectivity index (χ2v) is 4.67. The molecule has 2 aromatic heterocycles. The van der Waals surface area contributed by atoms with Gasteiger partial charge in [-0.2, -0.15) is 5.10 Å². The van der Waals surface area contributed by atoms with Gasteiger partial charge in [-0.25, -0.2) is 9.98 Å². The van der Waals surface area contributed by atoms with Crippen molar-refractivity contribution in [3.05, 3.63) is 28.3 Å². The average Bonchev–Trinajstić information content (AvgIpc) is 2.86. The number of aromatic nitrogens is 4. The minimum atomic E-state index is -0.199. The number of hydrogen-bond donors (Lipinski definition) is 2. The number of nitrogens with two attached hydrogens (primary N) is 1. The predicted molar refractivity (Wildman–Crippen MR) is 78.2 cm³/mol. The highest BCUT2D eigenvalue weighted by molar-refractivity contribution is 5.64. The van der Waals surface area contributed by atoms with Crippen LogP contribution in [0.3, 0.4) is 0 Å². The molecule has 7 nitrogen and oxygen atoms in total. The van der Waals surface area contributed by atoms with Gasteiger partial charge in [-0.05, 0) is 12.8 Å². The van der Waals surface area contributed by atoms with E-state index in [0.29, 0.717) is 11.3 Å². The topological polar surface area (TPSA) is 102 Å². The first-order valence-electron chi connectivity index (χ1n) is 6.48. The number of nitrogens with zero attached hydrogens (tertiary/aromatic N) is 4. The summed E-state index contributed by atoms with van der Waals surface area (Å²) in [6, 6.07) is 0. The Balaban J connectivity index is 2.67. The van der Waals surface area contributed by atoms with E-state index in [1.807, 2.05) is 27.0 Å². The van der Waals surface area contributed by atoms with Crippen LogP contribution in [-0.2, 0) is 6.54 Å². The van der Waals surface area contributed by atoms with Crippen LogP contribution in [0.1, 0.15) is 32.3 Å². The van der Waals surface area contributed by atoms with Gasteiger partial charge in [0.1, 0.15) is 0 Å². The summed E-state index contributed by atoms with van der Waals surface area (Å²) in [5, 5.41) is 4.22. The van der Waals surface area contributed by atoms with E-state index in [4.69, 9.17) is 5.73 Å². The molecule has 2 rings (SSSR count). The molecule has 3 N–H and O–H groups in total. The Morgan fingerprint density at radius 2 is 2.30 bits per heavy atom. The summed E-state index contributed by atoms with van der Waals surface area (Å²) in [5.41, 5.74) is 7.08. The molecule has 2 aromatic rings. The largest absolute Gasteiger partial charge is 0.390 e. The zero-order valence-electron chi connectivity index (χ0n) is 11.8. The first kappa shape index (κ1) is 14.0. The van der Waals surface area contributed by atoms with Crippen LogP contribution in [0.15, 0.2) is 22.2 Å². The van der Waals surface area contributed by atoms with Crippen LogP contribution in [0.5, 0.6) is 0 Å². The summed E-state index contributed by atoms with van der Waals surface area (Å²) in [5.74, 6) is 0.239. The van der Waals surface area contributed by atoms with Crippen molar-refractivity contribution in [2.24, 2.45) is 10.7 Å². The first-order chi connectivity index (χ1) is 9.56. The van der Waals surface area contributed by atoms with E-state index in [2.05, 4.69) is 20.1 Å². The molecule has 0 aliphatic rings. The molecule has 0 aliphatic carbocycles. The van der Waals surface area contributed by atoms with E-state index in [-0.39, 0.29) is 17.4 Å². The quantitative estimate of drug-likeness (QED) is 0.649. The highest BCUT2D eigenvalue weighted by Crippen LogP contribution is 2.25. The second-order valence-electron chi connectivity index (χ2n) is 4.67. The lowest BCUT2D eigenvalue weighted by atomic mass is 10.0. The predicted octanol–water partition coefficient (Wildman–Crippen LogP) is 1.40. The molecule has 0 aliphatic heterocycles. The molecule has 0 radical (unpaired) electrons. The third-order valence-electron chi connectivity index (χ3n) is 2.95. The number of aliphatic imine (C=N–C) groups is 1. The fraction of sp³-hybridized carbons (Fsp3) is 0.385. The lowest BCUT2D eigenvalue weighted by Crippen LogP contribution is -2.17. The minimum absolute atomic E-state index is 0.0436. The van der Waals surface area contributed by atoms with Gasteiger partial charge >= 0.3 is 0 Å². The Hall–Kier alpha value is -2.44. The molecule has 7 heteroatoms. The van der Waals surface area contributed by atoms with Crippen molar-refractivity contribution in [3.8, 4) is 11.3 Å². The van der Waals surface area contributed by atoms with Crippen LogP contribution in [0, 0.1) is 0 Å². The van der Waals surface area contributed by atoms with Crippen LogP contribution in [-0.4, -0.2) is 26.1 Å². The van der Waals surface area contributed by atoms with E-state index < -0.39 is 0 Å². The van der Waals surface area contributed by atoms with Gasteiger partial charge in [0.05, 0.1) is 18.2 Å². The summed E-state index contributed by atoms with van der Waals surface area (Å²) in [7, 11) is 0. The van der Waals surface area contributed by atoms with Crippen molar-refractivity contribution in [3.63, 3.8) is 0 Å². The summed E-state index contributed by atoms with van der Waals surface area (Å²) >= 11 is 0. The number of aromatic amines is 1. The van der Waals surface area contributed by atoms with E-state index in [0.717, 1.165) is 18.4 Å². The lowest BCUT2D eigenvalue weighted by molar-refractivity contribution is 0.660. The van der Waals surface area contributed by atoms with Crippen molar-refractivity contribution < 1.29 is 0 Å². The summed E-state index contributed by atoms with van der Waals surface area (Å²) in [6.07, 6.45) is 4.67. The summed E-state index contributed by atoms with van der Waals surface area (Å²) < 4.78 is 1.79. The smallest absolute Gasteiger partial charge is 0.256 e. The fourth-order valence-electron chi connectivity index (χ4n) is 2.02. The van der Waals surface area contributed by atoms with Crippen molar-refractivity contribution in [2.75, 3.05) is 0 Å².